The van der Waals surface area contributed by atoms with E-state index in [1.807, 2.05) is 0 Å². The van der Waals surface area contributed by atoms with Crippen molar-refractivity contribution >= 4 is 11.8 Å². The van der Waals surface area contributed by atoms with E-state index in [1.165, 1.54) is 19.8 Å². The van der Waals surface area contributed by atoms with E-state index in [-0.39, 0.29) is 35.5 Å². The van der Waals surface area contributed by atoms with Gasteiger partial charge in [-0.05, 0) is 61.6 Å². The predicted molar refractivity (Wildman–Crippen MR) is 98.5 cm³/mol. The van der Waals surface area contributed by atoms with Crippen molar-refractivity contribution in [2.75, 3.05) is 19.7 Å². The molecule has 28 heavy (non-hydrogen) atoms. The molecule has 1 aromatic carbocycles. The minimum absolute atomic E-state index is 0.0632. The highest BCUT2D eigenvalue weighted by atomic mass is 19.1. The Labute approximate surface area is 163 Å². The lowest BCUT2D eigenvalue weighted by Crippen LogP contribution is -2.50. The summed E-state index contributed by atoms with van der Waals surface area (Å²) in [7, 11) is 0. The maximum Gasteiger partial charge on any atom is 0.256 e. The highest BCUT2D eigenvalue weighted by Crippen LogP contribution is 2.39. The summed E-state index contributed by atoms with van der Waals surface area (Å²) in [5.74, 6) is -0.792. The average Bonchev–Trinajstić information content (AvgIpc) is 3.39. The molecule has 4 atom stereocenters. The number of halogens is 2. The number of carbonyl (C=O) groups is 2. The van der Waals surface area contributed by atoms with Crippen molar-refractivity contribution < 1.29 is 23.1 Å². The highest BCUT2D eigenvalue weighted by molar-refractivity contribution is 5.94. The number of hydrogen-bond acceptors (Lipinski definition) is 3. The van der Waals surface area contributed by atoms with Gasteiger partial charge >= 0.3 is 0 Å². The molecular weight excluding hydrogens is 366 g/mol. The molecule has 2 saturated carbocycles. The zero-order valence-corrected chi connectivity index (χ0v) is 16.0. The summed E-state index contributed by atoms with van der Waals surface area (Å²) in [4.78, 5) is 26.0. The van der Waals surface area contributed by atoms with Gasteiger partial charge in [-0.3, -0.25) is 9.59 Å². The summed E-state index contributed by atoms with van der Waals surface area (Å²) in [5, 5.41) is 3.00. The summed E-state index contributed by atoms with van der Waals surface area (Å²) < 4.78 is 33.6. The van der Waals surface area contributed by atoms with Crippen LogP contribution >= 0.6 is 0 Å². The van der Waals surface area contributed by atoms with E-state index >= 15 is 0 Å². The Morgan fingerprint density at radius 3 is 2.57 bits per heavy atom. The Hall–Kier alpha value is -2.02. The van der Waals surface area contributed by atoms with Gasteiger partial charge in [0.2, 0.25) is 5.91 Å². The fourth-order valence-corrected chi connectivity index (χ4v) is 4.55. The maximum absolute atomic E-state index is 14.0. The van der Waals surface area contributed by atoms with E-state index in [9.17, 15) is 18.4 Å². The van der Waals surface area contributed by atoms with Crippen molar-refractivity contribution in [3.8, 4) is 0 Å². The Balaban J connectivity index is 1.45. The lowest BCUT2D eigenvalue weighted by atomic mass is 9.77. The summed E-state index contributed by atoms with van der Waals surface area (Å²) in [6.07, 6.45) is 3.83. The van der Waals surface area contributed by atoms with Crippen LogP contribution in [0.2, 0.25) is 0 Å². The number of ether oxygens (including phenoxy) is 1. The quantitative estimate of drug-likeness (QED) is 0.838. The number of nitrogens with one attached hydrogen (secondary N) is 1. The van der Waals surface area contributed by atoms with Gasteiger partial charge in [0.1, 0.15) is 11.6 Å². The minimum atomic E-state index is -0.706. The topological polar surface area (TPSA) is 58.6 Å². The number of rotatable bonds is 5. The molecule has 2 aliphatic carbocycles. The van der Waals surface area contributed by atoms with Gasteiger partial charge in [-0.2, -0.15) is 0 Å². The van der Waals surface area contributed by atoms with Gasteiger partial charge in [0.05, 0.1) is 17.7 Å². The van der Waals surface area contributed by atoms with Crippen LogP contribution in [0.1, 0.15) is 43.0 Å². The van der Waals surface area contributed by atoms with Gasteiger partial charge in [-0.1, -0.05) is 0 Å². The van der Waals surface area contributed by atoms with E-state index in [2.05, 4.69) is 5.32 Å². The van der Waals surface area contributed by atoms with Crippen molar-refractivity contribution in [3.05, 3.63) is 35.4 Å². The third-order valence-corrected chi connectivity index (χ3v) is 6.19. The largest absolute Gasteiger partial charge is 0.376 e. The molecule has 3 aliphatic rings. The zero-order chi connectivity index (χ0) is 19.8. The molecule has 0 radical (unpaired) electrons. The SMILES string of the molecule is CC(=O)N[C@@H]1C[C@@H]2CN(C(=O)c3cc(F)ccc3F)C[C@@H]2C[C@H]1OCC1CC1. The predicted octanol–water partition coefficient (Wildman–Crippen LogP) is 2.75. The smallest absolute Gasteiger partial charge is 0.256 e. The molecule has 1 aliphatic heterocycles. The Morgan fingerprint density at radius 2 is 1.89 bits per heavy atom. The summed E-state index contributed by atoms with van der Waals surface area (Å²) in [6.45, 7) is 3.22. The van der Waals surface area contributed by atoms with E-state index in [1.54, 1.807) is 4.90 Å². The Kier molecular flexibility index (Phi) is 5.36. The van der Waals surface area contributed by atoms with Crippen LogP contribution in [0.3, 0.4) is 0 Å². The van der Waals surface area contributed by atoms with Gasteiger partial charge < -0.3 is 15.0 Å². The first kappa shape index (κ1) is 19.3. The summed E-state index contributed by atoms with van der Waals surface area (Å²) >= 11 is 0. The summed E-state index contributed by atoms with van der Waals surface area (Å²) in [6, 6.07) is 2.88. The van der Waals surface area contributed by atoms with Gasteiger partial charge in [-0.15, -0.1) is 0 Å². The lowest BCUT2D eigenvalue weighted by molar-refractivity contribution is -0.122. The molecule has 1 aromatic rings. The second-order valence-electron chi connectivity index (χ2n) is 8.45. The van der Waals surface area contributed by atoms with Crippen molar-refractivity contribution in [2.45, 2.75) is 44.8 Å². The third kappa shape index (κ3) is 4.19. The molecule has 3 fully saturated rings. The first-order valence-electron chi connectivity index (χ1n) is 10.0. The van der Waals surface area contributed by atoms with Gasteiger partial charge in [-0.25, -0.2) is 8.78 Å². The fourth-order valence-electron chi connectivity index (χ4n) is 4.55. The van der Waals surface area contributed by atoms with Crippen molar-refractivity contribution in [2.24, 2.45) is 17.8 Å². The molecule has 0 bridgehead atoms. The highest BCUT2D eigenvalue weighted by Gasteiger charge is 2.45. The monoisotopic (exact) mass is 392 g/mol. The first-order valence-corrected chi connectivity index (χ1v) is 10.0. The number of nitrogens with zero attached hydrogens (tertiary/aromatic N) is 1. The summed E-state index contributed by atoms with van der Waals surface area (Å²) in [5.41, 5.74) is -0.224. The van der Waals surface area contributed by atoms with E-state index in [4.69, 9.17) is 4.74 Å². The number of likely N-dealkylation sites (tertiary alicyclic amines) is 1. The van der Waals surface area contributed by atoms with Crippen LogP contribution in [0.15, 0.2) is 18.2 Å². The van der Waals surface area contributed by atoms with Crippen LogP contribution in [0.25, 0.3) is 0 Å². The van der Waals surface area contributed by atoms with Gasteiger partial charge in [0, 0.05) is 26.6 Å². The number of carbonyl (C=O) groups excluding carboxylic acids is 2. The molecule has 5 nitrogen and oxygen atoms in total. The van der Waals surface area contributed by atoms with Gasteiger partial charge in [0.15, 0.2) is 0 Å². The Bertz CT molecular complexity index is 768. The first-order chi connectivity index (χ1) is 13.4. The maximum atomic E-state index is 14.0. The number of benzene rings is 1. The molecule has 152 valence electrons. The van der Waals surface area contributed by atoms with E-state index < -0.39 is 17.5 Å². The van der Waals surface area contributed by atoms with Crippen molar-refractivity contribution in [3.63, 3.8) is 0 Å². The molecule has 1 saturated heterocycles. The van der Waals surface area contributed by atoms with Crippen LogP contribution in [0, 0.1) is 29.4 Å². The van der Waals surface area contributed by atoms with E-state index in [0.717, 1.165) is 37.6 Å². The third-order valence-electron chi connectivity index (χ3n) is 6.19. The van der Waals surface area contributed by atoms with Crippen LogP contribution in [-0.2, 0) is 9.53 Å². The number of hydrogen-bond donors (Lipinski definition) is 1. The molecule has 0 unspecified atom stereocenters. The minimum Gasteiger partial charge on any atom is -0.376 e. The molecule has 4 rings (SSSR count). The molecule has 7 heteroatoms. The Morgan fingerprint density at radius 1 is 1.18 bits per heavy atom. The van der Waals surface area contributed by atoms with Crippen LogP contribution in [-0.4, -0.2) is 48.6 Å². The zero-order valence-electron chi connectivity index (χ0n) is 16.0. The second kappa shape index (κ2) is 7.78. The van der Waals surface area contributed by atoms with Gasteiger partial charge in [0.25, 0.3) is 5.91 Å². The fraction of sp³-hybridized carbons (Fsp3) is 0.619. The molecule has 1 heterocycles. The van der Waals surface area contributed by atoms with Crippen LogP contribution in [0.4, 0.5) is 8.78 Å². The lowest BCUT2D eigenvalue weighted by Gasteiger charge is -2.38. The average molecular weight is 392 g/mol. The number of fused-ring (bicyclic) bond motifs is 1. The standard InChI is InChI=1S/C21H26F2N2O3/c1-12(26)24-19-6-14-9-25(21(27)17-8-16(22)4-5-18(17)23)10-15(14)7-20(19)28-11-13-2-3-13/h4-5,8,13-15,19-20H,2-3,6-7,9-11H2,1H3,(H,24,26)/t14-,15+,19-,20-/m1/s1. The second-order valence-corrected chi connectivity index (χ2v) is 8.45. The van der Waals surface area contributed by atoms with Crippen LogP contribution in [0.5, 0.6) is 0 Å². The molecule has 1 N–H and O–H groups in total. The van der Waals surface area contributed by atoms with Crippen molar-refractivity contribution in [1.82, 2.24) is 10.2 Å². The molecular formula is C21H26F2N2O3. The normalized spacial score (nSPS) is 29.5. The van der Waals surface area contributed by atoms with Crippen LogP contribution < -0.4 is 5.32 Å². The van der Waals surface area contributed by atoms with Crippen molar-refractivity contribution in [1.29, 1.82) is 0 Å². The molecule has 0 aromatic heterocycles. The number of amides is 2. The van der Waals surface area contributed by atoms with E-state index in [0.29, 0.717) is 19.0 Å². The molecule has 2 amide bonds. The molecule has 0 spiro atoms.